The van der Waals surface area contributed by atoms with E-state index in [9.17, 15) is 9.59 Å². The van der Waals surface area contributed by atoms with E-state index in [1.54, 1.807) is 34.5 Å². The maximum Gasteiger partial charge on any atom is 0.260 e. The molecule has 1 aliphatic carbocycles. The summed E-state index contributed by atoms with van der Waals surface area (Å²) in [6, 6.07) is 5.13. The van der Waals surface area contributed by atoms with Crippen LogP contribution in [0.3, 0.4) is 0 Å². The van der Waals surface area contributed by atoms with Crippen molar-refractivity contribution in [1.82, 2.24) is 19.7 Å². The Hall–Kier alpha value is -3.05. The second kappa shape index (κ2) is 10.3. The number of methoxy groups -OCH3 is 1. The number of amides is 1. The lowest BCUT2D eigenvalue weighted by Gasteiger charge is -2.32. The van der Waals surface area contributed by atoms with E-state index < -0.39 is 6.04 Å². The van der Waals surface area contributed by atoms with Crippen molar-refractivity contribution >= 4 is 29.4 Å². The van der Waals surface area contributed by atoms with Gasteiger partial charge >= 0.3 is 0 Å². The number of thioether (sulfide) groups is 1. The van der Waals surface area contributed by atoms with Crippen LogP contribution < -0.4 is 14.8 Å². The Labute approximate surface area is 208 Å². The molecule has 1 aromatic heterocycles. The molecule has 3 heterocycles. The first-order valence-corrected chi connectivity index (χ1v) is 12.9. The monoisotopic (exact) mass is 499 g/mol. The molecule has 1 saturated heterocycles. The average Bonchev–Trinajstić information content (AvgIpc) is 3.29. The molecule has 186 valence electrons. The molecule has 1 unspecified atom stereocenters. The quantitative estimate of drug-likeness (QED) is 0.575. The molecule has 1 N–H and O–H groups in total. The van der Waals surface area contributed by atoms with E-state index in [0.29, 0.717) is 55.3 Å². The number of ketones is 1. The topological polar surface area (TPSA) is 108 Å². The van der Waals surface area contributed by atoms with Gasteiger partial charge in [-0.25, -0.2) is 4.68 Å². The van der Waals surface area contributed by atoms with E-state index in [-0.39, 0.29) is 18.3 Å². The number of morpholine rings is 1. The third-order valence-electron chi connectivity index (χ3n) is 6.34. The molecule has 3 aliphatic rings. The van der Waals surface area contributed by atoms with Crippen molar-refractivity contribution in [3.8, 4) is 11.5 Å². The van der Waals surface area contributed by atoms with Gasteiger partial charge in [-0.3, -0.25) is 9.59 Å². The van der Waals surface area contributed by atoms with Crippen molar-refractivity contribution in [2.45, 2.75) is 37.4 Å². The highest BCUT2D eigenvalue weighted by Gasteiger charge is 2.37. The van der Waals surface area contributed by atoms with E-state index in [2.05, 4.69) is 17.2 Å². The van der Waals surface area contributed by atoms with Gasteiger partial charge in [0.15, 0.2) is 23.9 Å². The summed E-state index contributed by atoms with van der Waals surface area (Å²) in [5.41, 5.74) is 2.48. The van der Waals surface area contributed by atoms with E-state index >= 15 is 0 Å². The van der Waals surface area contributed by atoms with Crippen molar-refractivity contribution in [2.24, 2.45) is 0 Å². The predicted molar refractivity (Wildman–Crippen MR) is 130 cm³/mol. The first-order chi connectivity index (χ1) is 17.1. The molecule has 11 heteroatoms. The summed E-state index contributed by atoms with van der Waals surface area (Å²) in [5, 5.41) is 8.71. The van der Waals surface area contributed by atoms with Crippen LogP contribution in [0.1, 0.15) is 37.8 Å². The van der Waals surface area contributed by atoms with Crippen LogP contribution in [0.15, 0.2) is 34.6 Å². The molecule has 0 radical (unpaired) electrons. The van der Waals surface area contributed by atoms with Crippen molar-refractivity contribution < 1.29 is 23.8 Å². The maximum atomic E-state index is 13.0. The number of anilines is 1. The number of benzene rings is 1. The lowest BCUT2D eigenvalue weighted by molar-refractivity contribution is -0.137. The van der Waals surface area contributed by atoms with Crippen LogP contribution in [-0.4, -0.2) is 77.1 Å². The predicted octanol–water partition coefficient (Wildman–Crippen LogP) is 2.66. The van der Waals surface area contributed by atoms with Gasteiger partial charge in [-0.1, -0.05) is 24.8 Å². The molecule has 1 atom stereocenters. The van der Waals surface area contributed by atoms with Gasteiger partial charge in [0.1, 0.15) is 6.04 Å². The van der Waals surface area contributed by atoms with Gasteiger partial charge in [0, 0.05) is 30.8 Å². The van der Waals surface area contributed by atoms with Crippen LogP contribution in [0.25, 0.3) is 0 Å². The van der Waals surface area contributed by atoms with E-state index in [0.717, 1.165) is 35.4 Å². The summed E-state index contributed by atoms with van der Waals surface area (Å²) in [4.78, 5) is 31.9. The molecule has 1 amide bonds. The summed E-state index contributed by atoms with van der Waals surface area (Å²) >= 11 is 1.56. The van der Waals surface area contributed by atoms with E-state index in [4.69, 9.17) is 19.3 Å². The van der Waals surface area contributed by atoms with Gasteiger partial charge in [-0.15, -0.1) is 5.10 Å². The third-order valence-corrected chi connectivity index (χ3v) is 7.06. The second-order valence-electron chi connectivity index (χ2n) is 8.48. The van der Waals surface area contributed by atoms with Crippen molar-refractivity contribution in [3.63, 3.8) is 0 Å². The molecule has 35 heavy (non-hydrogen) atoms. The first-order valence-electron chi connectivity index (χ1n) is 11.9. The van der Waals surface area contributed by atoms with Crippen LogP contribution in [0.2, 0.25) is 0 Å². The number of hydrogen-bond donors (Lipinski definition) is 1. The number of fused-ring (bicyclic) bond motifs is 1. The lowest BCUT2D eigenvalue weighted by Crippen LogP contribution is -2.43. The summed E-state index contributed by atoms with van der Waals surface area (Å²) < 4.78 is 18.5. The van der Waals surface area contributed by atoms with Crippen LogP contribution in [0.4, 0.5) is 5.95 Å². The average molecular weight is 500 g/mol. The van der Waals surface area contributed by atoms with Gasteiger partial charge < -0.3 is 24.4 Å². The molecule has 5 rings (SSSR count). The minimum absolute atomic E-state index is 0.0817. The minimum Gasteiger partial charge on any atom is -0.493 e. The SMILES string of the molecule is CCSc1nc2n(n1)C(c1ccc(OCC(=O)N3CCOCC3)c(OC)c1)C1=C(CCCC1=O)N2. The number of nitrogens with zero attached hydrogens (tertiary/aromatic N) is 4. The number of nitrogens with one attached hydrogen (secondary N) is 1. The van der Waals surface area contributed by atoms with Gasteiger partial charge in [-0.05, 0) is 36.3 Å². The van der Waals surface area contributed by atoms with Crippen LogP contribution >= 0.6 is 11.8 Å². The minimum atomic E-state index is -0.411. The van der Waals surface area contributed by atoms with Crippen molar-refractivity contribution in [3.05, 3.63) is 35.0 Å². The smallest absolute Gasteiger partial charge is 0.260 e. The largest absolute Gasteiger partial charge is 0.493 e. The number of ether oxygens (including phenoxy) is 3. The summed E-state index contributed by atoms with van der Waals surface area (Å²) in [5.74, 6) is 2.47. The normalized spacial score (nSPS) is 19.7. The molecule has 0 bridgehead atoms. The summed E-state index contributed by atoms with van der Waals surface area (Å²) in [6.45, 7) is 4.19. The molecular weight excluding hydrogens is 470 g/mol. The Balaban J connectivity index is 1.44. The van der Waals surface area contributed by atoms with Crippen molar-refractivity contribution in [1.29, 1.82) is 0 Å². The van der Waals surface area contributed by atoms with Gasteiger partial charge in [0.05, 0.1) is 20.3 Å². The molecule has 0 spiro atoms. The van der Waals surface area contributed by atoms with Gasteiger partial charge in [0.25, 0.3) is 5.91 Å². The van der Waals surface area contributed by atoms with Gasteiger partial charge in [0.2, 0.25) is 11.1 Å². The maximum absolute atomic E-state index is 13.0. The Kier molecular flexibility index (Phi) is 6.96. The number of allylic oxidation sites excluding steroid dienone is 2. The van der Waals surface area contributed by atoms with E-state index in [1.165, 1.54) is 0 Å². The molecule has 10 nitrogen and oxygen atoms in total. The Morgan fingerprint density at radius 3 is 2.86 bits per heavy atom. The highest BCUT2D eigenvalue weighted by atomic mass is 32.2. The van der Waals surface area contributed by atoms with Crippen LogP contribution in [-0.2, 0) is 14.3 Å². The van der Waals surface area contributed by atoms with Gasteiger partial charge in [-0.2, -0.15) is 4.98 Å². The lowest BCUT2D eigenvalue weighted by atomic mass is 9.85. The fourth-order valence-corrected chi connectivity index (χ4v) is 5.21. The Morgan fingerprint density at radius 1 is 1.26 bits per heavy atom. The highest BCUT2D eigenvalue weighted by molar-refractivity contribution is 7.99. The number of carbonyl (C=O) groups excluding carboxylic acids is 2. The number of carbonyl (C=O) groups is 2. The molecular formula is C24H29N5O5S. The standard InChI is InChI=1S/C24H29N5O5S/c1-3-35-24-26-23-25-16-5-4-6-17(30)21(16)22(29(23)27-24)15-7-8-18(19(13-15)32-2)34-14-20(31)28-9-11-33-12-10-28/h7-8,13,22H,3-6,9-12,14H2,1-2H3,(H,25,26,27). The Morgan fingerprint density at radius 2 is 2.09 bits per heavy atom. The number of hydrogen-bond acceptors (Lipinski definition) is 9. The second-order valence-corrected chi connectivity index (χ2v) is 9.72. The molecule has 1 fully saturated rings. The highest BCUT2D eigenvalue weighted by Crippen LogP contribution is 2.42. The van der Waals surface area contributed by atoms with Crippen LogP contribution in [0, 0.1) is 0 Å². The fraction of sp³-hybridized carbons (Fsp3) is 0.500. The molecule has 2 aliphatic heterocycles. The molecule has 0 saturated carbocycles. The number of rotatable bonds is 7. The Bertz CT molecular complexity index is 1160. The zero-order valence-electron chi connectivity index (χ0n) is 19.9. The third kappa shape index (κ3) is 4.74. The summed E-state index contributed by atoms with van der Waals surface area (Å²) in [6.07, 6.45) is 2.12. The number of aromatic nitrogens is 3. The van der Waals surface area contributed by atoms with E-state index in [1.807, 2.05) is 12.1 Å². The zero-order valence-corrected chi connectivity index (χ0v) is 20.7. The van der Waals surface area contributed by atoms with Crippen molar-refractivity contribution in [2.75, 3.05) is 51.1 Å². The zero-order chi connectivity index (χ0) is 24.4. The summed E-state index contributed by atoms with van der Waals surface area (Å²) in [7, 11) is 1.56. The number of Topliss-reactive ketones (excluding diaryl/α,β-unsaturated/α-hetero) is 1. The molecule has 1 aromatic carbocycles. The fourth-order valence-electron chi connectivity index (χ4n) is 4.65. The molecule has 2 aromatic rings. The first kappa shape index (κ1) is 23.7. The van der Waals surface area contributed by atoms with Crippen LogP contribution in [0.5, 0.6) is 11.5 Å².